The highest BCUT2D eigenvalue weighted by atomic mass is 16.7. The number of nitrogens with zero attached hydrogens (tertiary/aromatic N) is 2. The smallest absolute Gasteiger partial charge is 0.229 e. The monoisotopic (exact) mass is 654 g/mol. The van der Waals surface area contributed by atoms with Crippen LogP contribution in [-0.4, -0.2) is 103 Å². The topological polar surface area (TPSA) is 177 Å². The predicted molar refractivity (Wildman–Crippen MR) is 173 cm³/mol. The summed E-state index contributed by atoms with van der Waals surface area (Å²) in [6.45, 7) is 6.12. The lowest BCUT2D eigenvalue weighted by molar-refractivity contribution is -0.277. The largest absolute Gasteiger partial charge is 0.507 e. The Labute approximate surface area is 273 Å². The van der Waals surface area contributed by atoms with Crippen LogP contribution in [0, 0.1) is 0 Å². The van der Waals surface area contributed by atoms with Crippen molar-refractivity contribution in [3.63, 3.8) is 0 Å². The molecule has 47 heavy (non-hydrogen) atoms. The second-order valence-electron chi connectivity index (χ2n) is 13.3. The van der Waals surface area contributed by atoms with Crippen molar-refractivity contribution in [3.8, 4) is 28.4 Å². The molecule has 2 aromatic carbocycles. The Bertz CT molecular complexity index is 1610. The van der Waals surface area contributed by atoms with Crippen LogP contribution in [0.15, 0.2) is 39.7 Å². The SMILES string of the molecule is C[C@@H]1CCCCN1Cc1c(O)c(CN2CCCC[C@@H]2C)c(O)c2c(=O)c(-c3ccc(O[C@@H]4O[C@H](CO)[C@@H](O)[C@H](O)[C@H]4O)cc3)coc12. The molecule has 12 nitrogen and oxygen atoms in total. The average molecular weight is 655 g/mol. The first kappa shape index (κ1) is 33.7. The van der Waals surface area contributed by atoms with E-state index in [1.807, 2.05) is 0 Å². The lowest BCUT2D eigenvalue weighted by atomic mass is 9.96. The third-order valence-electron chi connectivity index (χ3n) is 10.2. The minimum atomic E-state index is -1.58. The molecule has 3 aromatic rings. The highest BCUT2D eigenvalue weighted by molar-refractivity contribution is 5.92. The Morgan fingerprint density at radius 3 is 2.04 bits per heavy atom. The van der Waals surface area contributed by atoms with Gasteiger partial charge in [0.05, 0.1) is 23.3 Å². The predicted octanol–water partition coefficient (Wildman–Crippen LogP) is 2.80. The van der Waals surface area contributed by atoms with Crippen molar-refractivity contribution >= 4 is 11.0 Å². The van der Waals surface area contributed by atoms with Crippen molar-refractivity contribution < 1.29 is 44.5 Å². The fourth-order valence-electron chi connectivity index (χ4n) is 7.16. The molecule has 3 saturated heterocycles. The highest BCUT2D eigenvalue weighted by Crippen LogP contribution is 2.42. The van der Waals surface area contributed by atoms with E-state index < -0.39 is 42.7 Å². The van der Waals surface area contributed by atoms with Gasteiger partial charge in [0.25, 0.3) is 0 Å². The number of fused-ring (bicyclic) bond motifs is 1. The third kappa shape index (κ3) is 6.60. The molecule has 0 saturated carbocycles. The molecule has 6 N–H and O–H groups in total. The average Bonchev–Trinajstić information content (AvgIpc) is 3.07. The van der Waals surface area contributed by atoms with Gasteiger partial charge in [0.15, 0.2) is 0 Å². The minimum absolute atomic E-state index is 0.0290. The van der Waals surface area contributed by atoms with Crippen LogP contribution < -0.4 is 10.2 Å². The summed E-state index contributed by atoms with van der Waals surface area (Å²) >= 11 is 0. The number of benzene rings is 2. The standard InChI is InChI=1S/C35H46N2O10/c1-19-7-3-5-13-36(19)15-23-28(39)24(16-37-14-6-4-8-20(37)2)34-27(29(23)40)30(41)25(18-45-34)21-9-11-22(12-10-21)46-35-33(44)32(43)31(42)26(17-38)47-35/h9-12,18-20,26,31-33,35,38-40,42-44H,3-8,13-17H2,1-2H3/t19-,20+,26+,31+,32-,33+,35+/m0/s1. The number of phenolic OH excluding ortho intramolecular Hbond substituents is 2. The van der Waals surface area contributed by atoms with Crippen molar-refractivity contribution in [2.75, 3.05) is 19.7 Å². The van der Waals surface area contributed by atoms with Gasteiger partial charge in [-0.2, -0.15) is 0 Å². The lowest BCUT2D eigenvalue weighted by Gasteiger charge is -2.39. The summed E-state index contributed by atoms with van der Waals surface area (Å²) < 4.78 is 17.2. The first-order valence-electron chi connectivity index (χ1n) is 16.7. The Morgan fingerprint density at radius 2 is 1.45 bits per heavy atom. The van der Waals surface area contributed by atoms with Crippen LogP contribution in [0.4, 0.5) is 0 Å². The van der Waals surface area contributed by atoms with Gasteiger partial charge in [-0.3, -0.25) is 14.6 Å². The Hall–Kier alpha value is -3.23. The number of hydrogen-bond acceptors (Lipinski definition) is 12. The minimum Gasteiger partial charge on any atom is -0.507 e. The number of aliphatic hydroxyl groups excluding tert-OH is 4. The van der Waals surface area contributed by atoms with E-state index in [0.717, 1.165) is 51.6 Å². The van der Waals surface area contributed by atoms with E-state index >= 15 is 0 Å². The zero-order chi connectivity index (χ0) is 33.4. The molecule has 4 heterocycles. The summed E-state index contributed by atoms with van der Waals surface area (Å²) in [4.78, 5) is 18.7. The molecule has 1 aromatic heterocycles. The van der Waals surface area contributed by atoms with Crippen molar-refractivity contribution in [3.05, 3.63) is 51.9 Å². The lowest BCUT2D eigenvalue weighted by Crippen LogP contribution is -2.60. The fourth-order valence-corrected chi connectivity index (χ4v) is 7.16. The number of rotatable bonds is 8. The number of piperidine rings is 2. The molecule has 0 aliphatic carbocycles. The van der Waals surface area contributed by atoms with Crippen molar-refractivity contribution in [1.29, 1.82) is 0 Å². The summed E-state index contributed by atoms with van der Waals surface area (Å²) in [6, 6.07) is 6.89. The number of hydrogen-bond donors (Lipinski definition) is 6. The van der Waals surface area contributed by atoms with E-state index in [0.29, 0.717) is 35.8 Å². The molecule has 6 rings (SSSR count). The Kier molecular flexibility index (Phi) is 10.1. The molecule has 3 aliphatic rings. The Morgan fingerprint density at radius 1 is 0.830 bits per heavy atom. The van der Waals surface area contributed by atoms with Gasteiger partial charge < -0.3 is 44.5 Å². The summed E-state index contributed by atoms with van der Waals surface area (Å²) in [6.07, 6.45) is 0.634. The third-order valence-corrected chi connectivity index (χ3v) is 10.2. The number of aliphatic hydroxyl groups is 4. The van der Waals surface area contributed by atoms with Gasteiger partial charge >= 0.3 is 0 Å². The summed E-state index contributed by atoms with van der Waals surface area (Å²) in [7, 11) is 0. The normalized spacial score (nSPS) is 29.3. The van der Waals surface area contributed by atoms with E-state index in [2.05, 4.69) is 23.6 Å². The summed E-state index contributed by atoms with van der Waals surface area (Å²) in [5.41, 5.74) is 1.24. The van der Waals surface area contributed by atoms with Gasteiger partial charge in [-0.15, -0.1) is 0 Å². The molecule has 256 valence electrons. The van der Waals surface area contributed by atoms with Gasteiger partial charge in [-0.1, -0.05) is 25.0 Å². The van der Waals surface area contributed by atoms with Gasteiger partial charge in [-0.25, -0.2) is 0 Å². The first-order valence-corrected chi connectivity index (χ1v) is 16.7. The van der Waals surface area contributed by atoms with E-state index in [1.165, 1.54) is 6.26 Å². The molecule has 0 radical (unpaired) electrons. The summed E-state index contributed by atoms with van der Waals surface area (Å²) in [5, 5.41) is 63.3. The highest BCUT2D eigenvalue weighted by Gasteiger charge is 2.44. The van der Waals surface area contributed by atoms with E-state index in [1.54, 1.807) is 24.3 Å². The van der Waals surface area contributed by atoms with Crippen molar-refractivity contribution in [2.45, 2.75) is 108 Å². The van der Waals surface area contributed by atoms with Crippen LogP contribution in [0.25, 0.3) is 22.1 Å². The molecule has 0 bridgehead atoms. The second kappa shape index (κ2) is 14.1. The van der Waals surface area contributed by atoms with Crippen LogP contribution in [0.1, 0.15) is 63.5 Å². The zero-order valence-electron chi connectivity index (χ0n) is 26.9. The number of aromatic hydroxyl groups is 2. The molecular formula is C35H46N2O10. The fraction of sp³-hybridized carbons (Fsp3) is 0.571. The van der Waals surface area contributed by atoms with Crippen LogP contribution in [0.5, 0.6) is 17.2 Å². The second-order valence-corrected chi connectivity index (χ2v) is 13.3. The van der Waals surface area contributed by atoms with Crippen molar-refractivity contribution in [2.24, 2.45) is 0 Å². The van der Waals surface area contributed by atoms with Crippen molar-refractivity contribution in [1.82, 2.24) is 9.80 Å². The molecule has 0 spiro atoms. The van der Waals surface area contributed by atoms with Crippen LogP contribution in [-0.2, 0) is 17.8 Å². The number of ether oxygens (including phenoxy) is 2. The first-order chi connectivity index (χ1) is 22.6. The van der Waals surface area contributed by atoms with E-state index in [9.17, 15) is 35.4 Å². The van der Waals surface area contributed by atoms with E-state index in [4.69, 9.17) is 13.9 Å². The quantitative estimate of drug-likeness (QED) is 0.210. The van der Waals surface area contributed by atoms with Gasteiger partial charge in [0, 0.05) is 25.2 Å². The van der Waals surface area contributed by atoms with Crippen LogP contribution in [0.3, 0.4) is 0 Å². The van der Waals surface area contributed by atoms with E-state index in [-0.39, 0.29) is 39.8 Å². The molecule has 0 unspecified atom stereocenters. The summed E-state index contributed by atoms with van der Waals surface area (Å²) in [5.74, 6) is -0.0630. The molecule has 7 atom stereocenters. The molecule has 3 aliphatic heterocycles. The maximum atomic E-state index is 14.2. The molecule has 0 amide bonds. The molecule has 3 fully saturated rings. The Balaban J connectivity index is 1.36. The van der Waals surface area contributed by atoms with Gasteiger partial charge in [0.1, 0.15) is 58.9 Å². The maximum absolute atomic E-state index is 14.2. The molecular weight excluding hydrogens is 608 g/mol. The van der Waals surface area contributed by atoms with Gasteiger partial charge in [-0.05, 0) is 70.3 Å². The van der Waals surface area contributed by atoms with Crippen LogP contribution >= 0.6 is 0 Å². The van der Waals surface area contributed by atoms with Crippen LogP contribution in [0.2, 0.25) is 0 Å². The molecule has 12 heteroatoms. The zero-order valence-corrected chi connectivity index (χ0v) is 26.9. The maximum Gasteiger partial charge on any atom is 0.229 e. The number of likely N-dealkylation sites (tertiary alicyclic amines) is 2. The number of phenols is 2. The van der Waals surface area contributed by atoms with Gasteiger partial charge in [0.2, 0.25) is 11.7 Å².